The fourth-order valence-electron chi connectivity index (χ4n) is 2.22. The van der Waals surface area contributed by atoms with E-state index in [1.54, 1.807) is 18.0 Å². The lowest BCUT2D eigenvalue weighted by Gasteiger charge is -2.03. The van der Waals surface area contributed by atoms with E-state index < -0.39 is 0 Å². The molecule has 0 radical (unpaired) electrons. The van der Waals surface area contributed by atoms with Crippen LogP contribution in [0.25, 0.3) is 11.4 Å². The zero-order valence-corrected chi connectivity index (χ0v) is 13.7. The molecule has 0 bridgehead atoms. The molecule has 0 saturated heterocycles. The van der Waals surface area contributed by atoms with E-state index in [9.17, 15) is 0 Å². The molecule has 0 aliphatic rings. The first-order valence-electron chi connectivity index (χ1n) is 7.10. The van der Waals surface area contributed by atoms with Crippen LogP contribution in [0.5, 0.6) is 5.75 Å². The third-order valence-corrected chi connectivity index (χ3v) is 3.61. The highest BCUT2D eigenvalue weighted by Crippen LogP contribution is 2.18. The Morgan fingerprint density at radius 3 is 2.83 bits per heavy atom. The molecule has 0 saturated carbocycles. The second-order valence-corrected chi connectivity index (χ2v) is 5.44. The third kappa shape index (κ3) is 3.37. The van der Waals surface area contributed by atoms with Crippen molar-refractivity contribution in [2.75, 3.05) is 7.11 Å². The summed E-state index contributed by atoms with van der Waals surface area (Å²) in [5.74, 6) is 1.46. The van der Waals surface area contributed by atoms with Gasteiger partial charge in [0.15, 0.2) is 5.82 Å². The van der Waals surface area contributed by atoms with Gasteiger partial charge in [-0.25, -0.2) is 5.10 Å². The van der Waals surface area contributed by atoms with Gasteiger partial charge in [0.05, 0.1) is 13.3 Å². The number of aryl methyl sites for hydroxylation is 1. The number of hydrogen-bond donors (Lipinski definition) is 1. The monoisotopic (exact) mass is 324 g/mol. The van der Waals surface area contributed by atoms with Crippen molar-refractivity contribution in [1.82, 2.24) is 14.9 Å². The summed E-state index contributed by atoms with van der Waals surface area (Å²) in [5.41, 5.74) is 3.03. The fraction of sp³-hybridized carbons (Fsp3) is 0.118. The van der Waals surface area contributed by atoms with Crippen molar-refractivity contribution in [3.63, 3.8) is 0 Å². The predicted octanol–water partition coefficient (Wildman–Crippen LogP) is 3.81. The van der Waals surface area contributed by atoms with Gasteiger partial charge in [0, 0.05) is 5.56 Å². The summed E-state index contributed by atoms with van der Waals surface area (Å²) in [5, 5.41) is 11.5. The molecule has 5 nitrogen and oxygen atoms in total. The minimum Gasteiger partial charge on any atom is -0.497 e. The third-order valence-electron chi connectivity index (χ3n) is 3.34. The Morgan fingerprint density at radius 2 is 2.04 bits per heavy atom. The molecule has 1 aromatic heterocycles. The minimum atomic E-state index is 0.445. The van der Waals surface area contributed by atoms with Gasteiger partial charge in [0.2, 0.25) is 4.77 Å². The number of aromatic nitrogens is 3. The van der Waals surface area contributed by atoms with E-state index in [-0.39, 0.29) is 0 Å². The SMILES string of the molecule is COc1cccc(C=Nn2c(-c3cccc(C)c3)n[nH]c2=S)c1. The van der Waals surface area contributed by atoms with E-state index in [1.807, 2.05) is 55.5 Å². The Balaban J connectivity index is 1.99. The average Bonchev–Trinajstić information content (AvgIpc) is 2.94. The first-order chi connectivity index (χ1) is 11.2. The number of ether oxygens (including phenoxy) is 1. The number of methoxy groups -OCH3 is 1. The molecule has 3 aromatic rings. The van der Waals surface area contributed by atoms with Gasteiger partial charge in [0.1, 0.15) is 5.75 Å². The van der Waals surface area contributed by atoms with Crippen molar-refractivity contribution in [1.29, 1.82) is 0 Å². The van der Waals surface area contributed by atoms with E-state index in [0.717, 1.165) is 22.4 Å². The van der Waals surface area contributed by atoms with E-state index in [2.05, 4.69) is 15.3 Å². The quantitative estimate of drug-likeness (QED) is 0.586. The number of nitrogens with zero attached hydrogens (tertiary/aromatic N) is 3. The number of H-pyrrole nitrogens is 1. The van der Waals surface area contributed by atoms with Crippen LogP contribution in [0.1, 0.15) is 11.1 Å². The first kappa shape index (κ1) is 15.2. The van der Waals surface area contributed by atoms with Crippen molar-refractivity contribution in [3.8, 4) is 17.1 Å². The molecule has 0 fully saturated rings. The molecule has 1 N–H and O–H groups in total. The lowest BCUT2D eigenvalue weighted by molar-refractivity contribution is 0.415. The molecule has 116 valence electrons. The fourth-order valence-corrected chi connectivity index (χ4v) is 2.40. The maximum absolute atomic E-state index is 5.28. The van der Waals surface area contributed by atoms with Crippen molar-refractivity contribution >= 4 is 18.4 Å². The molecule has 0 unspecified atom stereocenters. The molecule has 0 spiro atoms. The normalized spacial score (nSPS) is 11.0. The molecule has 0 atom stereocenters. The minimum absolute atomic E-state index is 0.445. The molecular weight excluding hydrogens is 308 g/mol. The smallest absolute Gasteiger partial charge is 0.216 e. The van der Waals surface area contributed by atoms with Gasteiger partial charge in [-0.1, -0.05) is 35.9 Å². The predicted molar refractivity (Wildman–Crippen MR) is 93.6 cm³/mol. The van der Waals surface area contributed by atoms with E-state index in [0.29, 0.717) is 10.6 Å². The number of aromatic amines is 1. The Hall–Kier alpha value is -2.73. The maximum atomic E-state index is 5.28. The summed E-state index contributed by atoms with van der Waals surface area (Å²) >= 11 is 5.28. The molecule has 1 heterocycles. The molecule has 2 aromatic carbocycles. The van der Waals surface area contributed by atoms with Crippen molar-refractivity contribution in [2.24, 2.45) is 5.10 Å². The standard InChI is InChI=1S/C17H16N4OS/c1-12-5-3-7-14(9-12)16-19-20-17(23)21(16)18-11-13-6-4-8-15(10-13)22-2/h3-11H,1-2H3,(H,20,23). The van der Waals surface area contributed by atoms with E-state index >= 15 is 0 Å². The zero-order chi connectivity index (χ0) is 16.2. The largest absolute Gasteiger partial charge is 0.497 e. The number of nitrogens with one attached hydrogen (secondary N) is 1. The van der Waals surface area contributed by atoms with Crippen LogP contribution < -0.4 is 4.74 Å². The van der Waals surface area contributed by atoms with Gasteiger partial charge in [-0.15, -0.1) is 0 Å². The molecule has 6 heteroatoms. The van der Waals surface area contributed by atoms with Crippen molar-refractivity contribution in [2.45, 2.75) is 6.92 Å². The van der Waals surface area contributed by atoms with Crippen LogP contribution >= 0.6 is 12.2 Å². The van der Waals surface area contributed by atoms with E-state index in [1.165, 1.54) is 0 Å². The summed E-state index contributed by atoms with van der Waals surface area (Å²) in [6.07, 6.45) is 1.73. The van der Waals surface area contributed by atoms with Crippen molar-refractivity contribution in [3.05, 3.63) is 64.4 Å². The summed E-state index contributed by atoms with van der Waals surface area (Å²) < 4.78 is 7.27. The second-order valence-electron chi connectivity index (χ2n) is 5.05. The maximum Gasteiger partial charge on any atom is 0.216 e. The Kier molecular flexibility index (Phi) is 4.34. The summed E-state index contributed by atoms with van der Waals surface area (Å²) in [7, 11) is 1.64. The van der Waals surface area contributed by atoms with Crippen LogP contribution in [0.3, 0.4) is 0 Å². The van der Waals surface area contributed by atoms with Gasteiger partial charge >= 0.3 is 0 Å². The van der Waals surface area contributed by atoms with Gasteiger partial charge < -0.3 is 4.74 Å². The van der Waals surface area contributed by atoms with Crippen LogP contribution in [0.15, 0.2) is 53.6 Å². The summed E-state index contributed by atoms with van der Waals surface area (Å²) in [6, 6.07) is 15.7. The van der Waals surface area contributed by atoms with Crippen LogP contribution in [0.2, 0.25) is 0 Å². The first-order valence-corrected chi connectivity index (χ1v) is 7.51. The van der Waals surface area contributed by atoms with Crippen LogP contribution in [-0.2, 0) is 0 Å². The van der Waals surface area contributed by atoms with Crippen LogP contribution in [-0.4, -0.2) is 28.2 Å². The highest BCUT2D eigenvalue weighted by atomic mass is 32.1. The average molecular weight is 324 g/mol. The lowest BCUT2D eigenvalue weighted by atomic mass is 10.1. The Morgan fingerprint density at radius 1 is 1.22 bits per heavy atom. The molecule has 23 heavy (non-hydrogen) atoms. The second kappa shape index (κ2) is 6.58. The van der Waals surface area contributed by atoms with Gasteiger partial charge in [-0.05, 0) is 42.9 Å². The molecular formula is C17H16N4OS. The van der Waals surface area contributed by atoms with Gasteiger partial charge in [-0.3, -0.25) is 0 Å². The Labute approximate surface area is 139 Å². The highest BCUT2D eigenvalue weighted by Gasteiger charge is 2.08. The summed E-state index contributed by atoms with van der Waals surface area (Å²) in [6.45, 7) is 2.04. The number of benzene rings is 2. The lowest BCUT2D eigenvalue weighted by Crippen LogP contribution is -1.95. The van der Waals surface area contributed by atoms with Crippen LogP contribution in [0, 0.1) is 11.7 Å². The molecule has 3 rings (SSSR count). The zero-order valence-electron chi connectivity index (χ0n) is 12.9. The topological polar surface area (TPSA) is 55.2 Å². The molecule has 0 aliphatic carbocycles. The van der Waals surface area contributed by atoms with Gasteiger partial charge in [-0.2, -0.15) is 14.9 Å². The highest BCUT2D eigenvalue weighted by molar-refractivity contribution is 7.71. The summed E-state index contributed by atoms with van der Waals surface area (Å²) in [4.78, 5) is 0. The molecule has 0 aliphatic heterocycles. The Bertz CT molecular complexity index is 911. The molecule has 0 amide bonds. The number of rotatable bonds is 4. The number of hydrogen-bond acceptors (Lipinski definition) is 4. The van der Waals surface area contributed by atoms with Crippen molar-refractivity contribution < 1.29 is 4.74 Å². The van der Waals surface area contributed by atoms with E-state index in [4.69, 9.17) is 17.0 Å². The van der Waals surface area contributed by atoms with Crippen LogP contribution in [0.4, 0.5) is 0 Å². The van der Waals surface area contributed by atoms with Gasteiger partial charge in [0.25, 0.3) is 0 Å².